The van der Waals surface area contributed by atoms with Gasteiger partial charge >= 0.3 is 6.09 Å². The van der Waals surface area contributed by atoms with E-state index in [1.165, 1.54) is 17.7 Å². The Kier molecular flexibility index (Phi) is 11.8. The van der Waals surface area contributed by atoms with E-state index in [-0.39, 0.29) is 47.9 Å². The fourth-order valence-corrected chi connectivity index (χ4v) is 9.38. The molecule has 0 spiro atoms. The van der Waals surface area contributed by atoms with Crippen molar-refractivity contribution in [2.45, 2.75) is 102 Å². The van der Waals surface area contributed by atoms with Crippen molar-refractivity contribution >= 4 is 34.2 Å². The highest BCUT2D eigenvalue weighted by Gasteiger charge is 2.58. The molecule has 290 valence electrons. The number of Topliss-reactive ketones (excluding diaryl/α,β-unsaturated/α-hetero) is 1. The van der Waals surface area contributed by atoms with Crippen LogP contribution >= 0.6 is 11.6 Å². The van der Waals surface area contributed by atoms with Gasteiger partial charge in [-0.1, -0.05) is 78.7 Å². The van der Waals surface area contributed by atoms with E-state index in [2.05, 4.69) is 19.9 Å². The van der Waals surface area contributed by atoms with Crippen molar-refractivity contribution in [2.24, 2.45) is 5.41 Å². The second kappa shape index (κ2) is 16.6. The topological polar surface area (TPSA) is 96.3 Å². The number of fused-ring (bicyclic) bond motifs is 9. The molecular formula is C46H51ClFNO6. The highest BCUT2D eigenvalue weighted by molar-refractivity contribution is 6.31. The predicted molar refractivity (Wildman–Crippen MR) is 213 cm³/mol. The molecule has 1 heterocycles. The van der Waals surface area contributed by atoms with Crippen LogP contribution in [0.1, 0.15) is 98.2 Å². The van der Waals surface area contributed by atoms with Crippen molar-refractivity contribution in [3.05, 3.63) is 124 Å². The number of halogens is 2. The van der Waals surface area contributed by atoms with Crippen LogP contribution in [0.25, 0.3) is 10.8 Å². The van der Waals surface area contributed by atoms with Gasteiger partial charge in [-0.25, -0.2) is 9.18 Å². The first-order valence-electron chi connectivity index (χ1n) is 19.6. The van der Waals surface area contributed by atoms with Crippen LogP contribution in [0.15, 0.2) is 90.5 Å². The van der Waals surface area contributed by atoms with E-state index in [1.54, 1.807) is 17.0 Å². The Hall–Kier alpha value is -4.08. The number of amides is 1. The van der Waals surface area contributed by atoms with E-state index in [1.807, 2.05) is 54.6 Å². The SMILES string of the molecule is CC1=CCC[C@@]2(C)[C@@H](CC[C@@]2(O)CN(C[C@H]2CCCO2)C(=O)Oc2ccc3ccccc3c2)c2ccc(cc2C(=O)Cc2c(F)cccc2Cl)C[C@@H](O)CC1. The second-order valence-corrected chi connectivity index (χ2v) is 16.5. The summed E-state index contributed by atoms with van der Waals surface area (Å²) in [6.45, 7) is 5.07. The number of hydrogen-bond donors (Lipinski definition) is 2. The molecule has 2 N–H and O–H groups in total. The summed E-state index contributed by atoms with van der Waals surface area (Å²) in [5.41, 5.74) is 1.19. The monoisotopic (exact) mass is 767 g/mol. The Morgan fingerprint density at radius 1 is 1.00 bits per heavy atom. The number of aliphatic hydroxyl groups excluding tert-OH is 1. The number of aliphatic hydroxyl groups is 2. The van der Waals surface area contributed by atoms with Gasteiger partial charge in [-0.2, -0.15) is 0 Å². The van der Waals surface area contributed by atoms with Crippen LogP contribution in [0.3, 0.4) is 0 Å². The Morgan fingerprint density at radius 2 is 1.82 bits per heavy atom. The molecule has 2 fully saturated rings. The summed E-state index contributed by atoms with van der Waals surface area (Å²) in [4.78, 5) is 30.1. The number of allylic oxidation sites excluding steroid dienone is 2. The van der Waals surface area contributed by atoms with E-state index in [9.17, 15) is 19.8 Å². The number of ketones is 1. The number of benzene rings is 4. The maximum absolute atomic E-state index is 15.0. The molecule has 1 amide bonds. The number of rotatable bonds is 8. The van der Waals surface area contributed by atoms with Gasteiger partial charge in [0.2, 0.25) is 0 Å². The molecular weight excluding hydrogens is 717 g/mol. The Balaban J connectivity index is 1.25. The third-order valence-electron chi connectivity index (χ3n) is 12.5. The number of ether oxygens (including phenoxy) is 2. The molecule has 7 nitrogen and oxygen atoms in total. The fraction of sp³-hybridized carbons (Fsp3) is 0.435. The van der Waals surface area contributed by atoms with E-state index < -0.39 is 29.0 Å². The normalized spacial score (nSPS) is 25.6. The number of nitrogens with zero attached hydrogens (tertiary/aromatic N) is 1. The van der Waals surface area contributed by atoms with Crippen molar-refractivity contribution < 1.29 is 33.7 Å². The first kappa shape index (κ1) is 39.2. The minimum Gasteiger partial charge on any atom is -0.410 e. The highest BCUT2D eigenvalue weighted by Crippen LogP contribution is 2.59. The first-order valence-corrected chi connectivity index (χ1v) is 20.0. The van der Waals surface area contributed by atoms with Gasteiger partial charge in [0.05, 0.1) is 30.9 Å². The smallest absolute Gasteiger partial charge is 0.410 e. The van der Waals surface area contributed by atoms with Gasteiger partial charge in [-0.3, -0.25) is 4.79 Å². The molecule has 1 saturated heterocycles. The maximum Gasteiger partial charge on any atom is 0.415 e. The van der Waals surface area contributed by atoms with Crippen LogP contribution in [0, 0.1) is 11.2 Å². The molecule has 9 heteroatoms. The number of carbonyl (C=O) groups is 2. The quantitative estimate of drug-likeness (QED) is 0.137. The molecule has 0 aromatic heterocycles. The molecule has 1 aliphatic heterocycles. The largest absolute Gasteiger partial charge is 0.415 e. The average molecular weight is 768 g/mol. The lowest BCUT2D eigenvalue weighted by Gasteiger charge is -2.46. The molecule has 4 aliphatic rings. The van der Waals surface area contributed by atoms with Gasteiger partial charge in [0, 0.05) is 34.6 Å². The summed E-state index contributed by atoms with van der Waals surface area (Å²) in [5, 5.41) is 26.2. The van der Waals surface area contributed by atoms with Crippen LogP contribution in [-0.2, 0) is 17.6 Å². The van der Waals surface area contributed by atoms with E-state index in [0.717, 1.165) is 41.2 Å². The average Bonchev–Trinajstić information content (AvgIpc) is 3.77. The molecule has 8 rings (SSSR count). The van der Waals surface area contributed by atoms with Crippen molar-refractivity contribution in [1.82, 2.24) is 4.90 Å². The van der Waals surface area contributed by atoms with Gasteiger partial charge in [0.1, 0.15) is 11.6 Å². The maximum atomic E-state index is 15.0. The molecule has 55 heavy (non-hydrogen) atoms. The van der Waals surface area contributed by atoms with E-state index in [0.29, 0.717) is 56.4 Å². The fourth-order valence-electron chi connectivity index (χ4n) is 9.15. The Morgan fingerprint density at radius 3 is 2.60 bits per heavy atom. The van der Waals surface area contributed by atoms with Crippen molar-refractivity contribution in [3.63, 3.8) is 0 Å². The minimum absolute atomic E-state index is 0.0212. The molecule has 0 unspecified atom stereocenters. The molecule has 5 atom stereocenters. The van der Waals surface area contributed by atoms with Crippen LogP contribution in [-0.4, -0.2) is 64.5 Å². The van der Waals surface area contributed by atoms with Gasteiger partial charge in [-0.15, -0.1) is 0 Å². The molecule has 4 aromatic carbocycles. The molecule has 1 saturated carbocycles. The summed E-state index contributed by atoms with van der Waals surface area (Å²) in [5.74, 6) is -0.673. The molecule has 4 aromatic rings. The van der Waals surface area contributed by atoms with Crippen LogP contribution in [0.2, 0.25) is 5.02 Å². The number of hydrogen-bond acceptors (Lipinski definition) is 6. The molecule has 3 aliphatic carbocycles. The first-order chi connectivity index (χ1) is 26.4. The van der Waals surface area contributed by atoms with E-state index in [4.69, 9.17) is 21.1 Å². The summed E-state index contributed by atoms with van der Waals surface area (Å²) < 4.78 is 27.0. The summed E-state index contributed by atoms with van der Waals surface area (Å²) in [6.07, 6.45) is 6.20. The summed E-state index contributed by atoms with van der Waals surface area (Å²) in [7, 11) is 0. The zero-order valence-electron chi connectivity index (χ0n) is 31.7. The third kappa shape index (κ3) is 8.53. The zero-order valence-corrected chi connectivity index (χ0v) is 32.5. The lowest BCUT2D eigenvalue weighted by molar-refractivity contribution is -0.0831. The zero-order chi connectivity index (χ0) is 38.7. The van der Waals surface area contributed by atoms with Crippen LogP contribution in [0.4, 0.5) is 9.18 Å². The Bertz CT molecular complexity index is 2060. The summed E-state index contributed by atoms with van der Waals surface area (Å²) in [6, 6.07) is 23.6. The van der Waals surface area contributed by atoms with Crippen molar-refractivity contribution in [1.29, 1.82) is 0 Å². The lowest BCUT2D eigenvalue weighted by atomic mass is 9.64. The lowest BCUT2D eigenvalue weighted by Crippen LogP contribution is -2.55. The third-order valence-corrected chi connectivity index (χ3v) is 12.8. The minimum atomic E-state index is -1.36. The van der Waals surface area contributed by atoms with Crippen molar-refractivity contribution in [3.8, 4) is 5.75 Å². The van der Waals surface area contributed by atoms with Crippen LogP contribution in [0.5, 0.6) is 5.75 Å². The standard InChI is InChI=1S/C46H51ClFNO6/c1-30-8-6-21-45(2)40(37-19-15-31(24-34(50)17-14-30)25-38(37)43(51)27-39-41(47)12-5-13-42(39)48)20-22-46(45,53)29-49(28-36-11-7-23-54-36)44(52)55-35-18-16-32-9-3-4-10-33(32)26-35/h3-5,8-10,12-13,15-16,18-19,25-26,34,36,40,50,53H,6-7,11,14,17,20-24,27-29H2,1-2H3/t34-,36+,40-,45-,46+/m0/s1. The van der Waals surface area contributed by atoms with Crippen LogP contribution < -0.4 is 4.74 Å². The number of carbonyl (C=O) groups excluding carboxylic acids is 2. The summed E-state index contributed by atoms with van der Waals surface area (Å²) >= 11 is 6.40. The predicted octanol–water partition coefficient (Wildman–Crippen LogP) is 9.78. The van der Waals surface area contributed by atoms with Crippen molar-refractivity contribution in [2.75, 3.05) is 19.7 Å². The van der Waals surface area contributed by atoms with Gasteiger partial charge in [0.15, 0.2) is 5.78 Å². The molecule has 0 radical (unpaired) electrons. The van der Waals surface area contributed by atoms with E-state index >= 15 is 4.39 Å². The van der Waals surface area contributed by atoms with Gasteiger partial charge < -0.3 is 24.6 Å². The highest BCUT2D eigenvalue weighted by atomic mass is 35.5. The molecule has 2 bridgehead atoms. The Labute approximate surface area is 328 Å². The second-order valence-electron chi connectivity index (χ2n) is 16.1. The van der Waals surface area contributed by atoms with Gasteiger partial charge in [-0.05, 0) is 123 Å². The van der Waals surface area contributed by atoms with Gasteiger partial charge in [0.25, 0.3) is 0 Å².